The lowest BCUT2D eigenvalue weighted by atomic mass is 9.93. The summed E-state index contributed by atoms with van der Waals surface area (Å²) >= 11 is 0. The number of piperidine rings is 2. The lowest BCUT2D eigenvalue weighted by Crippen LogP contribution is -2.51. The van der Waals surface area contributed by atoms with Crippen molar-refractivity contribution in [3.8, 4) is 0 Å². The molecule has 2 amide bonds. The molecule has 1 atom stereocenters. The Balaban J connectivity index is 1.25. The van der Waals surface area contributed by atoms with E-state index in [2.05, 4.69) is 0 Å². The summed E-state index contributed by atoms with van der Waals surface area (Å²) in [6, 6.07) is 0. The van der Waals surface area contributed by atoms with Gasteiger partial charge in [-0.3, -0.25) is 9.59 Å². The molecule has 7 nitrogen and oxygen atoms in total. The lowest BCUT2D eigenvalue weighted by Gasteiger charge is -2.40. The Kier molecular flexibility index (Phi) is 4.97. The first-order valence-electron chi connectivity index (χ1n) is 9.64. The molecule has 4 rings (SSSR count). The third kappa shape index (κ3) is 3.55. The second-order valence-electron chi connectivity index (χ2n) is 7.53. The Labute approximate surface area is 148 Å². The summed E-state index contributed by atoms with van der Waals surface area (Å²) in [7, 11) is 0. The predicted molar refractivity (Wildman–Crippen MR) is 88.7 cm³/mol. The molecule has 0 aromatic carbocycles. The second-order valence-corrected chi connectivity index (χ2v) is 7.53. The van der Waals surface area contributed by atoms with E-state index in [1.165, 1.54) is 0 Å². The Morgan fingerprint density at radius 2 is 1.44 bits per heavy atom. The van der Waals surface area contributed by atoms with Crippen LogP contribution < -0.4 is 0 Å². The molecule has 0 aromatic heterocycles. The minimum Gasteiger partial charge on any atom is -0.368 e. The number of amides is 2. The van der Waals surface area contributed by atoms with E-state index in [-0.39, 0.29) is 23.8 Å². The van der Waals surface area contributed by atoms with E-state index in [1.54, 1.807) is 0 Å². The molecular weight excluding hydrogens is 324 g/mol. The summed E-state index contributed by atoms with van der Waals surface area (Å²) in [4.78, 5) is 29.0. The molecule has 4 aliphatic rings. The van der Waals surface area contributed by atoms with Gasteiger partial charge in [0.1, 0.15) is 6.10 Å². The van der Waals surface area contributed by atoms with E-state index in [1.807, 2.05) is 9.80 Å². The Morgan fingerprint density at radius 1 is 0.800 bits per heavy atom. The van der Waals surface area contributed by atoms with Crippen molar-refractivity contribution in [1.29, 1.82) is 0 Å². The van der Waals surface area contributed by atoms with Gasteiger partial charge in [-0.15, -0.1) is 0 Å². The van der Waals surface area contributed by atoms with E-state index < -0.39 is 5.79 Å². The monoisotopic (exact) mass is 352 g/mol. The van der Waals surface area contributed by atoms with Gasteiger partial charge in [-0.05, 0) is 25.7 Å². The third-order valence-electron chi connectivity index (χ3n) is 6.01. The summed E-state index contributed by atoms with van der Waals surface area (Å²) in [6.07, 6.45) is 4.58. The Bertz CT molecular complexity index is 496. The molecule has 0 aliphatic carbocycles. The van der Waals surface area contributed by atoms with Gasteiger partial charge in [0.2, 0.25) is 5.91 Å². The topological polar surface area (TPSA) is 68.3 Å². The summed E-state index contributed by atoms with van der Waals surface area (Å²) in [6.45, 7) is 4.74. The van der Waals surface area contributed by atoms with Crippen LogP contribution in [-0.4, -0.2) is 79.5 Å². The highest BCUT2D eigenvalue weighted by Crippen LogP contribution is 2.32. The van der Waals surface area contributed by atoms with Crippen molar-refractivity contribution in [1.82, 2.24) is 9.80 Å². The first kappa shape index (κ1) is 17.2. The van der Waals surface area contributed by atoms with E-state index in [9.17, 15) is 9.59 Å². The average Bonchev–Trinajstić information content (AvgIpc) is 3.34. The van der Waals surface area contributed by atoms with Crippen LogP contribution in [0.25, 0.3) is 0 Å². The fourth-order valence-electron chi connectivity index (χ4n) is 4.43. The smallest absolute Gasteiger partial charge is 0.251 e. The van der Waals surface area contributed by atoms with Gasteiger partial charge in [-0.25, -0.2) is 0 Å². The Hall–Kier alpha value is -1.18. The molecule has 0 saturated carbocycles. The van der Waals surface area contributed by atoms with Gasteiger partial charge in [-0.1, -0.05) is 0 Å². The van der Waals surface area contributed by atoms with Gasteiger partial charge in [0.05, 0.1) is 13.2 Å². The molecule has 4 saturated heterocycles. The van der Waals surface area contributed by atoms with Gasteiger partial charge < -0.3 is 24.0 Å². The number of ether oxygens (including phenoxy) is 3. The van der Waals surface area contributed by atoms with Crippen molar-refractivity contribution in [2.45, 2.75) is 50.4 Å². The first-order valence-corrected chi connectivity index (χ1v) is 9.64. The zero-order valence-corrected chi connectivity index (χ0v) is 14.8. The zero-order valence-electron chi connectivity index (χ0n) is 14.8. The molecule has 1 spiro atoms. The van der Waals surface area contributed by atoms with Crippen LogP contribution in [-0.2, 0) is 23.8 Å². The van der Waals surface area contributed by atoms with Crippen molar-refractivity contribution < 1.29 is 23.8 Å². The summed E-state index contributed by atoms with van der Waals surface area (Å²) in [5, 5.41) is 0. The van der Waals surface area contributed by atoms with Crippen LogP contribution in [0.4, 0.5) is 0 Å². The number of likely N-dealkylation sites (tertiary alicyclic amines) is 2. The zero-order chi connectivity index (χ0) is 17.3. The number of rotatable bonds is 2. The van der Waals surface area contributed by atoms with Crippen molar-refractivity contribution in [3.05, 3.63) is 0 Å². The van der Waals surface area contributed by atoms with Crippen molar-refractivity contribution >= 4 is 11.8 Å². The van der Waals surface area contributed by atoms with Gasteiger partial charge in [-0.2, -0.15) is 0 Å². The van der Waals surface area contributed by atoms with Crippen molar-refractivity contribution in [2.75, 3.05) is 46.0 Å². The van der Waals surface area contributed by atoms with E-state index >= 15 is 0 Å². The maximum Gasteiger partial charge on any atom is 0.251 e. The minimum atomic E-state index is -0.437. The lowest BCUT2D eigenvalue weighted by molar-refractivity contribution is -0.188. The summed E-state index contributed by atoms with van der Waals surface area (Å²) in [5.41, 5.74) is 0. The van der Waals surface area contributed by atoms with Crippen molar-refractivity contribution in [2.24, 2.45) is 5.92 Å². The molecule has 7 heteroatoms. The van der Waals surface area contributed by atoms with Crippen LogP contribution in [0.3, 0.4) is 0 Å². The van der Waals surface area contributed by atoms with Crippen LogP contribution in [0.1, 0.15) is 38.5 Å². The van der Waals surface area contributed by atoms with Gasteiger partial charge >= 0.3 is 0 Å². The highest BCUT2D eigenvalue weighted by Gasteiger charge is 2.42. The number of carbonyl (C=O) groups is 2. The van der Waals surface area contributed by atoms with E-state index in [0.717, 1.165) is 38.5 Å². The molecule has 140 valence electrons. The molecular formula is C18H28N2O5. The molecule has 0 bridgehead atoms. The summed E-state index contributed by atoms with van der Waals surface area (Å²) in [5.74, 6) is -0.0580. The van der Waals surface area contributed by atoms with Gasteiger partial charge in [0.25, 0.3) is 5.91 Å². The quantitative estimate of drug-likeness (QED) is 0.734. The largest absolute Gasteiger partial charge is 0.368 e. The summed E-state index contributed by atoms with van der Waals surface area (Å²) < 4.78 is 16.9. The molecule has 0 radical (unpaired) electrons. The molecule has 4 fully saturated rings. The molecule has 25 heavy (non-hydrogen) atoms. The molecule has 0 N–H and O–H groups in total. The number of hydrogen-bond donors (Lipinski definition) is 0. The van der Waals surface area contributed by atoms with Gasteiger partial charge in [0.15, 0.2) is 5.79 Å². The SMILES string of the molecule is O=C(C1CCN(C(=O)C2CCCO2)CC1)N1CCC2(CC1)OCCO2. The molecule has 1 unspecified atom stereocenters. The predicted octanol–water partition coefficient (Wildman–Crippen LogP) is 0.770. The maximum atomic E-state index is 12.8. The molecule has 0 aromatic rings. The third-order valence-corrected chi connectivity index (χ3v) is 6.01. The van der Waals surface area contributed by atoms with Crippen molar-refractivity contribution in [3.63, 3.8) is 0 Å². The molecule has 4 heterocycles. The van der Waals surface area contributed by atoms with E-state index in [4.69, 9.17) is 14.2 Å². The Morgan fingerprint density at radius 3 is 2.04 bits per heavy atom. The molecule has 4 aliphatic heterocycles. The van der Waals surface area contributed by atoms with Crippen LogP contribution >= 0.6 is 0 Å². The van der Waals surface area contributed by atoms with Crippen LogP contribution in [0.15, 0.2) is 0 Å². The highest BCUT2D eigenvalue weighted by molar-refractivity contribution is 5.82. The minimum absolute atomic E-state index is 0.0352. The van der Waals surface area contributed by atoms with Gasteiger partial charge in [0, 0.05) is 51.5 Å². The van der Waals surface area contributed by atoms with E-state index in [0.29, 0.717) is 46.0 Å². The average molecular weight is 352 g/mol. The fraction of sp³-hybridized carbons (Fsp3) is 0.889. The number of nitrogens with zero attached hydrogens (tertiary/aromatic N) is 2. The number of hydrogen-bond acceptors (Lipinski definition) is 5. The fourth-order valence-corrected chi connectivity index (χ4v) is 4.43. The number of carbonyl (C=O) groups excluding carboxylic acids is 2. The standard InChI is InChI=1S/C18H28N2O5/c21-16(20-9-5-18(6-10-20)24-12-13-25-18)14-3-7-19(8-4-14)17(22)15-2-1-11-23-15/h14-15H,1-13H2. The first-order chi connectivity index (χ1) is 12.2. The highest BCUT2D eigenvalue weighted by atomic mass is 16.7. The van der Waals surface area contributed by atoms with Crippen LogP contribution in [0.5, 0.6) is 0 Å². The second kappa shape index (κ2) is 7.21. The maximum absolute atomic E-state index is 12.8. The normalized spacial score (nSPS) is 30.2. The van der Waals surface area contributed by atoms with Crippen LogP contribution in [0, 0.1) is 5.92 Å². The van der Waals surface area contributed by atoms with Crippen LogP contribution in [0.2, 0.25) is 0 Å².